The molecule has 0 spiro atoms. The normalized spacial score (nSPS) is 13.4. The molecule has 1 aromatic heterocycles. The molecule has 8 heteroatoms. The summed E-state index contributed by atoms with van der Waals surface area (Å²) in [6, 6.07) is 16.3. The zero-order valence-electron chi connectivity index (χ0n) is 19.6. The van der Waals surface area contributed by atoms with Gasteiger partial charge in [0.15, 0.2) is 0 Å². The number of nitrogens with zero attached hydrogens (tertiary/aromatic N) is 4. The first-order valence-corrected chi connectivity index (χ1v) is 12.5. The van der Waals surface area contributed by atoms with Crippen molar-refractivity contribution in [3.05, 3.63) is 59.7 Å². The predicted octanol–water partition coefficient (Wildman–Crippen LogP) is 4.04. The van der Waals surface area contributed by atoms with Gasteiger partial charge in [0.05, 0.1) is 5.75 Å². The van der Waals surface area contributed by atoms with Gasteiger partial charge in [-0.2, -0.15) is 0 Å². The zero-order valence-corrected chi connectivity index (χ0v) is 20.4. The second-order valence-corrected chi connectivity index (χ2v) is 9.44. The molecule has 0 atom stereocenters. The van der Waals surface area contributed by atoms with Crippen LogP contribution in [0.2, 0.25) is 0 Å². The fourth-order valence-electron chi connectivity index (χ4n) is 3.81. The van der Waals surface area contributed by atoms with Gasteiger partial charge < -0.3 is 10.2 Å². The Labute approximate surface area is 204 Å². The van der Waals surface area contributed by atoms with Crippen LogP contribution in [0.4, 0.5) is 0 Å². The molecule has 0 aliphatic carbocycles. The van der Waals surface area contributed by atoms with E-state index < -0.39 is 0 Å². The zero-order chi connectivity index (χ0) is 23.9. The van der Waals surface area contributed by atoms with Crippen LogP contribution in [-0.2, 0) is 9.59 Å². The van der Waals surface area contributed by atoms with Crippen molar-refractivity contribution in [1.29, 1.82) is 0 Å². The smallest absolute Gasteiger partial charge is 0.230 e. The summed E-state index contributed by atoms with van der Waals surface area (Å²) in [5.74, 6) is 0.340. The van der Waals surface area contributed by atoms with E-state index >= 15 is 0 Å². The number of thioether (sulfide) groups is 1. The van der Waals surface area contributed by atoms with Crippen molar-refractivity contribution in [2.45, 2.75) is 38.3 Å². The van der Waals surface area contributed by atoms with Crippen LogP contribution in [0.5, 0.6) is 0 Å². The molecule has 1 saturated heterocycles. The molecule has 4 rings (SSSR count). The van der Waals surface area contributed by atoms with Gasteiger partial charge in [0.2, 0.25) is 17.0 Å². The average Bonchev–Trinajstić information content (AvgIpc) is 3.26. The molecule has 0 bridgehead atoms. The van der Waals surface area contributed by atoms with Crippen LogP contribution in [0.3, 0.4) is 0 Å². The highest BCUT2D eigenvalue weighted by atomic mass is 32.2. The Kier molecular flexibility index (Phi) is 7.90. The number of nitrogens with one attached hydrogen (secondary N) is 1. The van der Waals surface area contributed by atoms with Gasteiger partial charge in [0.1, 0.15) is 11.4 Å². The van der Waals surface area contributed by atoms with Crippen LogP contribution in [0.25, 0.3) is 22.5 Å². The summed E-state index contributed by atoms with van der Waals surface area (Å²) in [4.78, 5) is 30.6. The standard InChI is InChI=1S/C26H29N5O2S/c1-18-6-10-20(11-7-18)24-25(21-12-8-19(2)9-13-21)29-30-26(28-24)34-17-22(32)27-14-4-16-31-15-3-5-23(31)33/h6-13H,3-5,14-17H2,1-2H3,(H,27,32). The summed E-state index contributed by atoms with van der Waals surface area (Å²) in [6.07, 6.45) is 2.33. The van der Waals surface area contributed by atoms with E-state index in [2.05, 4.69) is 15.5 Å². The lowest BCUT2D eigenvalue weighted by Gasteiger charge is -2.15. The first kappa shape index (κ1) is 23.9. The molecule has 2 amide bonds. The van der Waals surface area contributed by atoms with E-state index in [4.69, 9.17) is 4.98 Å². The van der Waals surface area contributed by atoms with Crippen molar-refractivity contribution in [3.63, 3.8) is 0 Å². The van der Waals surface area contributed by atoms with Gasteiger partial charge in [-0.25, -0.2) is 4.98 Å². The highest BCUT2D eigenvalue weighted by Crippen LogP contribution is 2.30. The maximum atomic E-state index is 12.3. The van der Waals surface area contributed by atoms with Crippen molar-refractivity contribution in [3.8, 4) is 22.5 Å². The lowest BCUT2D eigenvalue weighted by Crippen LogP contribution is -2.31. The summed E-state index contributed by atoms with van der Waals surface area (Å²) in [5.41, 5.74) is 5.71. The molecule has 0 saturated carbocycles. The summed E-state index contributed by atoms with van der Waals surface area (Å²) >= 11 is 1.27. The number of carbonyl (C=O) groups excluding carboxylic acids is 2. The van der Waals surface area contributed by atoms with Crippen LogP contribution in [0.1, 0.15) is 30.4 Å². The van der Waals surface area contributed by atoms with E-state index in [1.807, 2.05) is 67.3 Å². The van der Waals surface area contributed by atoms with Gasteiger partial charge in [-0.3, -0.25) is 9.59 Å². The Morgan fingerprint density at radius 2 is 1.62 bits per heavy atom. The molecular formula is C26H29N5O2S. The van der Waals surface area contributed by atoms with Crippen LogP contribution >= 0.6 is 11.8 Å². The number of likely N-dealkylation sites (tertiary alicyclic amines) is 1. The lowest BCUT2D eigenvalue weighted by molar-refractivity contribution is -0.127. The molecule has 1 N–H and O–H groups in total. The molecule has 0 unspecified atom stereocenters. The first-order valence-electron chi connectivity index (χ1n) is 11.6. The van der Waals surface area contributed by atoms with Crippen molar-refractivity contribution in [2.24, 2.45) is 0 Å². The molecule has 3 aromatic rings. The van der Waals surface area contributed by atoms with Crippen molar-refractivity contribution < 1.29 is 9.59 Å². The predicted molar refractivity (Wildman–Crippen MR) is 134 cm³/mol. The maximum absolute atomic E-state index is 12.3. The minimum absolute atomic E-state index is 0.0826. The second-order valence-electron chi connectivity index (χ2n) is 8.50. The Morgan fingerprint density at radius 3 is 2.24 bits per heavy atom. The van der Waals surface area contributed by atoms with Crippen molar-refractivity contribution in [1.82, 2.24) is 25.4 Å². The Bertz CT molecular complexity index is 1150. The third-order valence-electron chi connectivity index (χ3n) is 5.75. The SMILES string of the molecule is Cc1ccc(-c2nnc(SCC(=O)NCCCN3CCCC3=O)nc2-c2ccc(C)cc2)cc1. The van der Waals surface area contributed by atoms with Crippen LogP contribution in [0.15, 0.2) is 53.7 Å². The molecule has 1 aliphatic rings. The number of hydrogen-bond acceptors (Lipinski definition) is 6. The van der Waals surface area contributed by atoms with Crippen molar-refractivity contribution >= 4 is 23.6 Å². The number of hydrogen-bond donors (Lipinski definition) is 1. The molecule has 2 aromatic carbocycles. The number of rotatable bonds is 9. The monoisotopic (exact) mass is 475 g/mol. The van der Waals surface area contributed by atoms with E-state index in [0.29, 0.717) is 30.4 Å². The Hall–Kier alpha value is -3.26. The van der Waals surface area contributed by atoms with Crippen LogP contribution < -0.4 is 5.32 Å². The fourth-order valence-corrected chi connectivity index (χ4v) is 4.43. The van der Waals surface area contributed by atoms with E-state index in [1.54, 1.807) is 0 Å². The quantitative estimate of drug-likeness (QED) is 0.371. The van der Waals surface area contributed by atoms with E-state index in [9.17, 15) is 9.59 Å². The lowest BCUT2D eigenvalue weighted by atomic mass is 10.0. The minimum Gasteiger partial charge on any atom is -0.355 e. The van der Waals surface area contributed by atoms with Gasteiger partial charge in [-0.15, -0.1) is 10.2 Å². The molecule has 1 fully saturated rings. The molecule has 0 radical (unpaired) electrons. The van der Waals surface area contributed by atoms with Gasteiger partial charge in [0, 0.05) is 37.2 Å². The summed E-state index contributed by atoms with van der Waals surface area (Å²) in [5, 5.41) is 12.1. The van der Waals surface area contributed by atoms with Crippen LogP contribution in [0, 0.1) is 13.8 Å². The average molecular weight is 476 g/mol. The molecule has 7 nitrogen and oxygen atoms in total. The number of carbonyl (C=O) groups is 2. The number of amides is 2. The largest absolute Gasteiger partial charge is 0.355 e. The number of aromatic nitrogens is 3. The van der Waals surface area contributed by atoms with Crippen molar-refractivity contribution in [2.75, 3.05) is 25.4 Å². The molecule has 2 heterocycles. The second kappa shape index (κ2) is 11.2. The van der Waals surface area contributed by atoms with E-state index in [-0.39, 0.29) is 17.6 Å². The fraction of sp³-hybridized carbons (Fsp3) is 0.346. The highest BCUT2D eigenvalue weighted by molar-refractivity contribution is 7.99. The molecule has 176 valence electrons. The number of aryl methyl sites for hydroxylation is 2. The number of benzene rings is 2. The highest BCUT2D eigenvalue weighted by Gasteiger charge is 2.19. The molecule has 1 aliphatic heterocycles. The van der Waals surface area contributed by atoms with E-state index in [1.165, 1.54) is 22.9 Å². The topological polar surface area (TPSA) is 88.1 Å². The Morgan fingerprint density at radius 1 is 0.971 bits per heavy atom. The minimum atomic E-state index is -0.0826. The van der Waals surface area contributed by atoms with Gasteiger partial charge in [-0.05, 0) is 26.7 Å². The van der Waals surface area contributed by atoms with Crippen LogP contribution in [-0.4, -0.2) is 57.3 Å². The third kappa shape index (κ3) is 6.20. The maximum Gasteiger partial charge on any atom is 0.230 e. The molecular weight excluding hydrogens is 446 g/mol. The summed E-state index contributed by atoms with van der Waals surface area (Å²) in [6.45, 7) is 6.16. The summed E-state index contributed by atoms with van der Waals surface area (Å²) in [7, 11) is 0. The van der Waals surface area contributed by atoms with Gasteiger partial charge in [-0.1, -0.05) is 71.4 Å². The van der Waals surface area contributed by atoms with Gasteiger partial charge in [0.25, 0.3) is 0 Å². The van der Waals surface area contributed by atoms with E-state index in [0.717, 1.165) is 36.2 Å². The Balaban J connectivity index is 1.40. The first-order chi connectivity index (χ1) is 16.5. The summed E-state index contributed by atoms with van der Waals surface area (Å²) < 4.78 is 0. The molecule has 34 heavy (non-hydrogen) atoms. The van der Waals surface area contributed by atoms with Gasteiger partial charge >= 0.3 is 0 Å². The third-order valence-corrected chi connectivity index (χ3v) is 6.59.